The number of thiophene rings is 1. The second kappa shape index (κ2) is 5.49. The van der Waals surface area contributed by atoms with Crippen LogP contribution in [0.2, 0.25) is 0 Å². The molecule has 0 N–H and O–H groups in total. The Bertz CT molecular complexity index is 823. The van der Waals surface area contributed by atoms with Crippen molar-refractivity contribution in [3.05, 3.63) is 16.3 Å². The first-order valence-electron chi connectivity index (χ1n) is 6.59. The molecule has 1 aliphatic carbocycles. The minimum absolute atomic E-state index is 0.833. The van der Waals surface area contributed by atoms with Gasteiger partial charge in [-0.3, -0.25) is 0 Å². The molecule has 4 rings (SSSR count). The molecule has 0 saturated heterocycles. The van der Waals surface area contributed by atoms with Gasteiger partial charge in [0, 0.05) is 10.3 Å². The SMILES string of the molecule is CSc1nnc(Sc2nc(C)nc3sc4c(c23)CCC4)s1. The molecule has 108 valence electrons. The monoisotopic (exact) mass is 352 g/mol. The molecule has 0 saturated carbocycles. The van der Waals surface area contributed by atoms with Crippen molar-refractivity contribution in [2.45, 2.75) is 39.9 Å². The van der Waals surface area contributed by atoms with Crippen molar-refractivity contribution in [2.75, 3.05) is 6.26 Å². The molecule has 8 heteroatoms. The van der Waals surface area contributed by atoms with Gasteiger partial charge in [0.05, 0.1) is 0 Å². The van der Waals surface area contributed by atoms with Crippen LogP contribution in [0.5, 0.6) is 0 Å². The van der Waals surface area contributed by atoms with Crippen LogP contribution in [0.3, 0.4) is 0 Å². The summed E-state index contributed by atoms with van der Waals surface area (Å²) in [5.41, 5.74) is 1.46. The molecule has 0 aliphatic heterocycles. The van der Waals surface area contributed by atoms with Gasteiger partial charge in [-0.05, 0) is 49.8 Å². The Kier molecular flexibility index (Phi) is 3.64. The van der Waals surface area contributed by atoms with E-state index in [-0.39, 0.29) is 0 Å². The van der Waals surface area contributed by atoms with Gasteiger partial charge in [-0.15, -0.1) is 21.5 Å². The number of nitrogens with zero attached hydrogens (tertiary/aromatic N) is 4. The smallest absolute Gasteiger partial charge is 0.181 e. The number of fused-ring (bicyclic) bond motifs is 3. The quantitative estimate of drug-likeness (QED) is 0.520. The first kappa shape index (κ1) is 13.9. The van der Waals surface area contributed by atoms with Gasteiger partial charge < -0.3 is 0 Å². The largest absolute Gasteiger partial charge is 0.226 e. The standard InChI is InChI=1S/C13H12N4S4/c1-6-14-10-9(7-4-3-5-8(7)19-10)11(15-6)20-13-17-16-12(18-2)21-13/h3-5H2,1-2H3. The van der Waals surface area contributed by atoms with Crippen molar-refractivity contribution in [1.29, 1.82) is 0 Å². The summed E-state index contributed by atoms with van der Waals surface area (Å²) in [5, 5.41) is 10.7. The van der Waals surface area contributed by atoms with Gasteiger partial charge in [0.2, 0.25) is 0 Å². The van der Waals surface area contributed by atoms with Gasteiger partial charge in [0.1, 0.15) is 15.7 Å². The summed E-state index contributed by atoms with van der Waals surface area (Å²) in [7, 11) is 0. The molecular formula is C13H12N4S4. The van der Waals surface area contributed by atoms with Crippen LogP contribution in [0.1, 0.15) is 22.7 Å². The zero-order valence-electron chi connectivity index (χ0n) is 11.5. The summed E-state index contributed by atoms with van der Waals surface area (Å²) in [6.45, 7) is 1.96. The lowest BCUT2D eigenvalue weighted by molar-refractivity contribution is 0.913. The fourth-order valence-electron chi connectivity index (χ4n) is 2.54. The maximum absolute atomic E-state index is 4.67. The van der Waals surface area contributed by atoms with E-state index in [9.17, 15) is 0 Å². The predicted octanol–water partition coefficient (Wildman–Crippen LogP) is 4.21. The molecule has 0 bridgehead atoms. The molecule has 21 heavy (non-hydrogen) atoms. The lowest BCUT2D eigenvalue weighted by Crippen LogP contribution is -1.92. The van der Waals surface area contributed by atoms with Crippen LogP contribution < -0.4 is 0 Å². The highest BCUT2D eigenvalue weighted by molar-refractivity contribution is 8.03. The first-order chi connectivity index (χ1) is 10.2. The van der Waals surface area contributed by atoms with Crippen LogP contribution in [0.25, 0.3) is 10.2 Å². The van der Waals surface area contributed by atoms with Gasteiger partial charge in [-0.1, -0.05) is 23.1 Å². The molecule has 0 fully saturated rings. The zero-order valence-corrected chi connectivity index (χ0v) is 14.8. The number of rotatable bonds is 3. The van der Waals surface area contributed by atoms with Crippen molar-refractivity contribution in [3.8, 4) is 0 Å². The molecule has 3 heterocycles. The summed E-state index contributed by atoms with van der Waals surface area (Å²) in [4.78, 5) is 11.9. The molecule has 3 aromatic rings. The maximum Gasteiger partial charge on any atom is 0.181 e. The Labute approximate surface area is 138 Å². The molecule has 0 aromatic carbocycles. The molecule has 3 aromatic heterocycles. The van der Waals surface area contributed by atoms with Crippen LogP contribution in [0.15, 0.2) is 13.7 Å². The second-order valence-corrected chi connectivity index (χ2v) is 9.10. The highest BCUT2D eigenvalue weighted by Crippen LogP contribution is 2.42. The van der Waals surface area contributed by atoms with Gasteiger partial charge in [-0.2, -0.15) is 0 Å². The van der Waals surface area contributed by atoms with Crippen molar-refractivity contribution in [1.82, 2.24) is 20.2 Å². The number of aromatic nitrogens is 4. The van der Waals surface area contributed by atoms with Crippen LogP contribution in [0, 0.1) is 6.92 Å². The third kappa shape index (κ3) is 2.48. The van der Waals surface area contributed by atoms with E-state index in [0.29, 0.717) is 0 Å². The van der Waals surface area contributed by atoms with Gasteiger partial charge in [-0.25, -0.2) is 9.97 Å². The van der Waals surface area contributed by atoms with Crippen LogP contribution in [-0.2, 0) is 12.8 Å². The molecule has 1 aliphatic rings. The third-order valence-corrected chi connectivity index (χ3v) is 7.51. The average Bonchev–Trinajstić information content (AvgIpc) is 3.12. The van der Waals surface area contributed by atoms with Crippen molar-refractivity contribution >= 4 is 56.4 Å². The third-order valence-electron chi connectivity index (χ3n) is 3.39. The fraction of sp³-hybridized carbons (Fsp3) is 0.385. The van der Waals surface area contributed by atoms with Gasteiger partial charge >= 0.3 is 0 Å². The Morgan fingerprint density at radius 1 is 1.05 bits per heavy atom. The lowest BCUT2D eigenvalue weighted by Gasteiger charge is -2.03. The zero-order chi connectivity index (χ0) is 14.4. The first-order valence-corrected chi connectivity index (χ1v) is 10.3. The maximum atomic E-state index is 4.67. The normalized spacial score (nSPS) is 14.0. The van der Waals surface area contributed by atoms with E-state index < -0.39 is 0 Å². The fourth-order valence-corrected chi connectivity index (χ4v) is 6.46. The molecular weight excluding hydrogens is 340 g/mol. The molecule has 0 radical (unpaired) electrons. The Balaban J connectivity index is 1.83. The van der Waals surface area contributed by atoms with Crippen molar-refractivity contribution in [2.24, 2.45) is 0 Å². The van der Waals surface area contributed by atoms with Gasteiger partial charge in [0.15, 0.2) is 8.68 Å². The van der Waals surface area contributed by atoms with E-state index in [1.165, 1.54) is 28.7 Å². The molecule has 0 atom stereocenters. The number of hydrogen-bond donors (Lipinski definition) is 0. The van der Waals surface area contributed by atoms with Crippen molar-refractivity contribution in [3.63, 3.8) is 0 Å². The van der Waals surface area contributed by atoms with E-state index >= 15 is 0 Å². The van der Waals surface area contributed by atoms with E-state index in [2.05, 4.69) is 20.2 Å². The number of aryl methyl sites for hydroxylation is 3. The second-order valence-electron chi connectivity index (χ2n) is 4.75. The number of hydrogen-bond acceptors (Lipinski definition) is 8. The summed E-state index contributed by atoms with van der Waals surface area (Å²) in [5.74, 6) is 0.833. The topological polar surface area (TPSA) is 51.6 Å². The van der Waals surface area contributed by atoms with Crippen LogP contribution in [0.4, 0.5) is 0 Å². The Hall–Kier alpha value is -0.700. The molecule has 4 nitrogen and oxygen atoms in total. The molecule has 0 amide bonds. The summed E-state index contributed by atoms with van der Waals surface area (Å²) >= 11 is 6.71. The summed E-state index contributed by atoms with van der Waals surface area (Å²) < 4.78 is 1.95. The van der Waals surface area contributed by atoms with E-state index in [4.69, 9.17) is 0 Å². The predicted molar refractivity (Wildman–Crippen MR) is 90.0 cm³/mol. The average molecular weight is 353 g/mol. The van der Waals surface area contributed by atoms with Crippen molar-refractivity contribution < 1.29 is 0 Å². The van der Waals surface area contributed by atoms with Crippen LogP contribution in [-0.4, -0.2) is 26.4 Å². The van der Waals surface area contributed by atoms with E-state index in [1.807, 2.05) is 24.5 Å². The van der Waals surface area contributed by atoms with E-state index in [1.54, 1.807) is 34.9 Å². The Morgan fingerprint density at radius 3 is 2.71 bits per heavy atom. The Morgan fingerprint density at radius 2 is 1.90 bits per heavy atom. The van der Waals surface area contributed by atoms with Crippen LogP contribution >= 0.6 is 46.2 Å². The lowest BCUT2D eigenvalue weighted by atomic mass is 10.2. The molecule has 0 spiro atoms. The summed E-state index contributed by atoms with van der Waals surface area (Å²) in [6.07, 6.45) is 5.62. The minimum Gasteiger partial charge on any atom is -0.226 e. The minimum atomic E-state index is 0.833. The summed E-state index contributed by atoms with van der Waals surface area (Å²) in [6, 6.07) is 0. The number of thioether (sulfide) groups is 1. The highest BCUT2D eigenvalue weighted by Gasteiger charge is 2.22. The van der Waals surface area contributed by atoms with Gasteiger partial charge in [0.25, 0.3) is 0 Å². The highest BCUT2D eigenvalue weighted by atomic mass is 32.2. The molecule has 0 unspecified atom stereocenters. The van der Waals surface area contributed by atoms with E-state index in [0.717, 1.165) is 30.8 Å².